The summed E-state index contributed by atoms with van der Waals surface area (Å²) in [6, 6.07) is 17.1. The van der Waals surface area contributed by atoms with Crippen LogP contribution in [0.2, 0.25) is 0 Å². The largest absolute Gasteiger partial charge is 0.476 e. The van der Waals surface area contributed by atoms with Crippen LogP contribution in [-0.2, 0) is 16.6 Å². The molecule has 0 saturated carbocycles. The van der Waals surface area contributed by atoms with Crippen LogP contribution in [0.25, 0.3) is 22.3 Å². The van der Waals surface area contributed by atoms with Crippen molar-refractivity contribution in [3.8, 4) is 17.1 Å². The molecule has 2 heterocycles. The SMILES string of the molecule is CCOc1nc(NCc2ccc(S(N)(=O)=O)cc2)nc2ccc(-c3ccc([C@H](N)CO)cc3)nc12. The average Bonchev–Trinajstić information content (AvgIpc) is 2.87. The number of hydrogen-bond acceptors (Lipinski definition) is 9. The summed E-state index contributed by atoms with van der Waals surface area (Å²) >= 11 is 0. The summed E-state index contributed by atoms with van der Waals surface area (Å²) in [6.07, 6.45) is 0. The minimum absolute atomic E-state index is 0.0506. The number of aromatic nitrogens is 3. The molecule has 2 aromatic carbocycles. The van der Waals surface area contributed by atoms with Crippen LogP contribution in [0.3, 0.4) is 0 Å². The number of anilines is 1. The lowest BCUT2D eigenvalue weighted by Gasteiger charge is -2.12. The minimum atomic E-state index is -3.74. The van der Waals surface area contributed by atoms with E-state index in [0.29, 0.717) is 36.0 Å². The molecule has 182 valence electrons. The molecule has 4 rings (SSSR count). The van der Waals surface area contributed by atoms with Gasteiger partial charge in [-0.2, -0.15) is 4.98 Å². The number of aliphatic hydroxyl groups excluding tert-OH is 1. The standard InChI is InChI=1S/C24H26N6O4S/c1-2-34-23-22-21(12-11-20(28-22)17-7-5-16(6-8-17)19(25)14-31)29-24(30-23)27-13-15-3-9-18(10-4-15)35(26,32)33/h3-12,19,31H,2,13-14,25H2,1H3,(H2,26,32,33)(H,27,29,30)/t19-/m1/s1. The van der Waals surface area contributed by atoms with Gasteiger partial charge in [0.1, 0.15) is 0 Å². The third-order valence-corrected chi connectivity index (χ3v) is 6.25. The summed E-state index contributed by atoms with van der Waals surface area (Å²) in [6.45, 7) is 2.51. The zero-order valence-electron chi connectivity index (χ0n) is 19.0. The van der Waals surface area contributed by atoms with Crippen LogP contribution in [0.1, 0.15) is 24.1 Å². The van der Waals surface area contributed by atoms with Gasteiger partial charge in [-0.3, -0.25) is 0 Å². The molecule has 10 nitrogen and oxygen atoms in total. The second-order valence-corrected chi connectivity index (χ2v) is 9.36. The number of sulfonamides is 1. The van der Waals surface area contributed by atoms with Crippen molar-refractivity contribution in [3.05, 3.63) is 71.8 Å². The maximum absolute atomic E-state index is 11.4. The van der Waals surface area contributed by atoms with Crippen molar-refractivity contribution in [1.29, 1.82) is 0 Å². The Morgan fingerprint density at radius 1 is 1.00 bits per heavy atom. The van der Waals surface area contributed by atoms with E-state index < -0.39 is 16.1 Å². The van der Waals surface area contributed by atoms with E-state index in [4.69, 9.17) is 20.6 Å². The van der Waals surface area contributed by atoms with Gasteiger partial charge in [0.15, 0.2) is 5.52 Å². The van der Waals surface area contributed by atoms with E-state index in [1.165, 1.54) is 12.1 Å². The van der Waals surface area contributed by atoms with Gasteiger partial charge in [-0.25, -0.2) is 23.5 Å². The number of ether oxygens (including phenoxy) is 1. The lowest BCUT2D eigenvalue weighted by molar-refractivity contribution is 0.268. The fraction of sp³-hybridized carbons (Fsp3) is 0.208. The molecule has 0 aliphatic rings. The Bertz CT molecular complexity index is 1430. The highest BCUT2D eigenvalue weighted by molar-refractivity contribution is 7.89. The molecular weight excluding hydrogens is 468 g/mol. The first-order chi connectivity index (χ1) is 16.8. The molecule has 0 aliphatic heterocycles. The summed E-state index contributed by atoms with van der Waals surface area (Å²) in [5, 5.41) is 17.5. The van der Waals surface area contributed by atoms with E-state index in [9.17, 15) is 13.5 Å². The highest BCUT2D eigenvalue weighted by Crippen LogP contribution is 2.27. The van der Waals surface area contributed by atoms with Crippen LogP contribution in [0, 0.1) is 0 Å². The molecule has 2 aromatic heterocycles. The lowest BCUT2D eigenvalue weighted by atomic mass is 10.0. The predicted molar refractivity (Wildman–Crippen MR) is 133 cm³/mol. The van der Waals surface area contributed by atoms with E-state index in [2.05, 4.69) is 15.3 Å². The topological polar surface area (TPSA) is 166 Å². The molecule has 11 heteroatoms. The monoisotopic (exact) mass is 494 g/mol. The first-order valence-electron chi connectivity index (χ1n) is 10.9. The normalized spacial score (nSPS) is 12.5. The van der Waals surface area contributed by atoms with Gasteiger partial charge in [-0.15, -0.1) is 0 Å². The van der Waals surface area contributed by atoms with Gasteiger partial charge in [0.05, 0.1) is 35.4 Å². The fourth-order valence-electron chi connectivity index (χ4n) is 3.45. The van der Waals surface area contributed by atoms with Gasteiger partial charge in [0.2, 0.25) is 21.9 Å². The second-order valence-electron chi connectivity index (χ2n) is 7.80. The van der Waals surface area contributed by atoms with Gasteiger partial charge < -0.3 is 20.9 Å². The number of nitrogens with one attached hydrogen (secondary N) is 1. The van der Waals surface area contributed by atoms with E-state index in [1.54, 1.807) is 12.1 Å². The Labute approximate surface area is 203 Å². The molecule has 4 aromatic rings. The molecule has 0 saturated heterocycles. The smallest absolute Gasteiger partial charge is 0.245 e. The fourth-order valence-corrected chi connectivity index (χ4v) is 3.96. The molecular formula is C24H26N6O4S. The number of hydrogen-bond donors (Lipinski definition) is 4. The Morgan fingerprint density at radius 3 is 2.34 bits per heavy atom. The first-order valence-corrected chi connectivity index (χ1v) is 12.5. The molecule has 0 radical (unpaired) electrons. The molecule has 35 heavy (non-hydrogen) atoms. The lowest BCUT2D eigenvalue weighted by Crippen LogP contribution is -2.14. The number of aliphatic hydroxyl groups is 1. The number of primary sulfonamides is 1. The van der Waals surface area contributed by atoms with Crippen LogP contribution in [0.5, 0.6) is 5.88 Å². The summed E-state index contributed by atoms with van der Waals surface area (Å²) in [5.41, 5.74) is 10.3. The summed E-state index contributed by atoms with van der Waals surface area (Å²) in [4.78, 5) is 13.8. The minimum Gasteiger partial charge on any atom is -0.476 e. The quantitative estimate of drug-likeness (QED) is 0.273. The molecule has 1 atom stereocenters. The van der Waals surface area contributed by atoms with Crippen molar-refractivity contribution in [2.24, 2.45) is 10.9 Å². The van der Waals surface area contributed by atoms with Crippen molar-refractivity contribution in [3.63, 3.8) is 0 Å². The zero-order chi connectivity index (χ0) is 25.0. The molecule has 6 N–H and O–H groups in total. The van der Waals surface area contributed by atoms with E-state index in [0.717, 1.165) is 22.4 Å². The third kappa shape index (κ3) is 5.72. The average molecular weight is 495 g/mol. The maximum atomic E-state index is 11.4. The number of fused-ring (bicyclic) bond motifs is 1. The zero-order valence-corrected chi connectivity index (χ0v) is 19.9. The highest BCUT2D eigenvalue weighted by Gasteiger charge is 2.13. The summed E-state index contributed by atoms with van der Waals surface area (Å²) in [7, 11) is -3.74. The predicted octanol–water partition coefficient (Wildman–Crippen LogP) is 2.34. The Balaban J connectivity index is 1.59. The second kappa shape index (κ2) is 10.3. The summed E-state index contributed by atoms with van der Waals surface area (Å²) in [5.74, 6) is 0.707. The van der Waals surface area contributed by atoms with Crippen LogP contribution in [0.15, 0.2) is 65.6 Å². The number of benzene rings is 2. The molecule has 0 unspecified atom stereocenters. The molecule has 0 aliphatic carbocycles. The van der Waals surface area contributed by atoms with Gasteiger partial charge in [0.25, 0.3) is 0 Å². The van der Waals surface area contributed by atoms with E-state index >= 15 is 0 Å². The van der Waals surface area contributed by atoms with Gasteiger partial charge in [-0.05, 0) is 42.3 Å². The van der Waals surface area contributed by atoms with Crippen molar-refractivity contribution in [2.45, 2.75) is 24.4 Å². The number of nitrogens with two attached hydrogens (primary N) is 2. The Hall–Kier alpha value is -3.64. The van der Waals surface area contributed by atoms with E-state index in [-0.39, 0.29) is 11.5 Å². The van der Waals surface area contributed by atoms with Crippen LogP contribution in [-0.4, -0.2) is 41.7 Å². The third-order valence-electron chi connectivity index (χ3n) is 5.33. The molecule has 0 spiro atoms. The van der Waals surface area contributed by atoms with Crippen molar-refractivity contribution >= 4 is 27.0 Å². The van der Waals surface area contributed by atoms with Gasteiger partial charge in [0, 0.05) is 12.1 Å². The molecule has 0 amide bonds. The first kappa shape index (κ1) is 24.5. The maximum Gasteiger partial charge on any atom is 0.245 e. The Morgan fingerprint density at radius 2 is 1.71 bits per heavy atom. The molecule has 0 fully saturated rings. The van der Waals surface area contributed by atoms with Gasteiger partial charge >= 0.3 is 0 Å². The number of pyridine rings is 1. The van der Waals surface area contributed by atoms with Crippen LogP contribution < -0.4 is 20.9 Å². The van der Waals surface area contributed by atoms with Crippen molar-refractivity contribution in [1.82, 2.24) is 15.0 Å². The number of nitrogens with zero attached hydrogens (tertiary/aromatic N) is 3. The Kier molecular flexibility index (Phi) is 7.22. The van der Waals surface area contributed by atoms with Crippen molar-refractivity contribution in [2.75, 3.05) is 18.5 Å². The number of rotatable bonds is 9. The van der Waals surface area contributed by atoms with Crippen LogP contribution in [0.4, 0.5) is 5.95 Å². The molecule has 0 bridgehead atoms. The van der Waals surface area contributed by atoms with Gasteiger partial charge in [-0.1, -0.05) is 36.4 Å². The summed E-state index contributed by atoms with van der Waals surface area (Å²) < 4.78 is 28.6. The van der Waals surface area contributed by atoms with Crippen molar-refractivity contribution < 1.29 is 18.3 Å². The highest BCUT2D eigenvalue weighted by atomic mass is 32.2. The van der Waals surface area contributed by atoms with Crippen LogP contribution >= 0.6 is 0 Å². The van der Waals surface area contributed by atoms with E-state index in [1.807, 2.05) is 43.3 Å².